The molecule has 0 N–H and O–H groups in total. The van der Waals surface area contributed by atoms with Crippen molar-refractivity contribution in [3.05, 3.63) is 35.4 Å². The molecule has 1 aromatic carbocycles. The number of ketones is 1. The van der Waals surface area contributed by atoms with Crippen molar-refractivity contribution in [1.82, 2.24) is 0 Å². The zero-order chi connectivity index (χ0) is 9.84. The van der Waals surface area contributed by atoms with Gasteiger partial charge in [0.1, 0.15) is 0 Å². The second-order valence-electron chi connectivity index (χ2n) is 3.06. The van der Waals surface area contributed by atoms with Crippen LogP contribution in [0.15, 0.2) is 24.3 Å². The van der Waals surface area contributed by atoms with Crippen LogP contribution < -0.4 is 0 Å². The molecule has 1 rings (SSSR count). The van der Waals surface area contributed by atoms with Gasteiger partial charge in [0.05, 0.1) is 0 Å². The first kappa shape index (κ1) is 10.8. The van der Waals surface area contributed by atoms with E-state index >= 15 is 0 Å². The average molecular weight is 290 g/mol. The summed E-state index contributed by atoms with van der Waals surface area (Å²) in [5, 5.41) is 0. The molecule has 0 saturated heterocycles. The van der Waals surface area contributed by atoms with Gasteiger partial charge in [0.2, 0.25) is 0 Å². The summed E-state index contributed by atoms with van der Waals surface area (Å²) in [5.41, 5.74) is 2.18. The molecule has 0 aromatic heterocycles. The van der Waals surface area contributed by atoms with E-state index in [9.17, 15) is 4.79 Å². The van der Waals surface area contributed by atoms with E-state index < -0.39 is 0 Å². The van der Waals surface area contributed by atoms with Crippen LogP contribution in [0.3, 0.4) is 0 Å². The van der Waals surface area contributed by atoms with Gasteiger partial charge in [-0.15, -0.1) is 0 Å². The number of benzene rings is 1. The van der Waals surface area contributed by atoms with Crippen LogP contribution in [-0.2, 0) is 0 Å². The fourth-order valence-corrected chi connectivity index (χ4v) is 2.35. The fraction of sp³-hybridized carbons (Fsp3) is 0.364. The molecule has 0 saturated carbocycles. The molecule has 0 heterocycles. The third kappa shape index (κ3) is 2.83. The molecule has 1 unspecified atom stereocenters. The van der Waals surface area contributed by atoms with Gasteiger partial charge in [-0.2, -0.15) is 0 Å². The van der Waals surface area contributed by atoms with Crippen molar-refractivity contribution in [3.8, 4) is 0 Å². The summed E-state index contributed by atoms with van der Waals surface area (Å²) in [5.74, 6) is 0.146. The first-order valence-corrected chi connectivity index (χ1v) is 7.96. The van der Waals surface area contributed by atoms with Gasteiger partial charge in [0, 0.05) is 0 Å². The van der Waals surface area contributed by atoms with Crippen LogP contribution in [0.5, 0.6) is 0 Å². The van der Waals surface area contributed by atoms with Crippen LogP contribution >= 0.6 is 0 Å². The van der Waals surface area contributed by atoms with Gasteiger partial charge < -0.3 is 0 Å². The zero-order valence-electron chi connectivity index (χ0n) is 8.20. The standard InChI is InChI=1S/C11H14OTe/c1-8(12)10-4-6-11(7-5-10)9(2)13-3/h4-7,9H,1-3H3. The molecular weight excluding hydrogens is 276 g/mol. The Hall–Kier alpha value is -0.320. The maximum absolute atomic E-state index is 11.0. The number of carbonyl (C=O) groups is 1. The summed E-state index contributed by atoms with van der Waals surface area (Å²) in [6, 6.07) is 8.01. The average Bonchev–Trinajstić information content (AvgIpc) is 2.17. The van der Waals surface area contributed by atoms with Gasteiger partial charge in [0.25, 0.3) is 0 Å². The number of carbonyl (C=O) groups excluding carboxylic acids is 1. The van der Waals surface area contributed by atoms with Gasteiger partial charge in [-0.3, -0.25) is 0 Å². The molecule has 1 aromatic rings. The maximum atomic E-state index is 11.0. The Morgan fingerprint density at radius 1 is 1.31 bits per heavy atom. The van der Waals surface area contributed by atoms with Crippen molar-refractivity contribution in [3.63, 3.8) is 0 Å². The van der Waals surface area contributed by atoms with Gasteiger partial charge >= 0.3 is 89.7 Å². The summed E-state index contributed by atoms with van der Waals surface area (Å²) in [6.07, 6.45) is 0. The van der Waals surface area contributed by atoms with Gasteiger partial charge in [-0.05, 0) is 0 Å². The molecule has 1 atom stereocenters. The Bertz CT molecular complexity index is 289. The monoisotopic (exact) mass is 292 g/mol. The number of hydrogen-bond donors (Lipinski definition) is 0. The first-order chi connectivity index (χ1) is 6.15. The van der Waals surface area contributed by atoms with Gasteiger partial charge in [0.15, 0.2) is 0 Å². The minimum absolute atomic E-state index is 0.0948. The molecule has 70 valence electrons. The summed E-state index contributed by atoms with van der Waals surface area (Å²) in [4.78, 5) is 13.3. The molecule has 0 radical (unpaired) electrons. The second-order valence-corrected chi connectivity index (χ2v) is 6.42. The van der Waals surface area contributed by atoms with Crippen molar-refractivity contribution in [2.75, 3.05) is 0 Å². The predicted octanol–water partition coefficient (Wildman–Crippen LogP) is 2.70. The first-order valence-electron chi connectivity index (χ1n) is 4.29. The molecule has 0 amide bonds. The number of Topliss-reactive ketones (excluding diaryl/α,β-unsaturated/α-hetero) is 1. The Morgan fingerprint density at radius 2 is 1.85 bits per heavy atom. The van der Waals surface area contributed by atoms with Crippen molar-refractivity contribution < 1.29 is 4.79 Å². The molecule has 1 nitrogen and oxygen atoms in total. The van der Waals surface area contributed by atoms with Gasteiger partial charge in [-0.1, -0.05) is 0 Å². The normalized spacial score (nSPS) is 12.5. The quantitative estimate of drug-likeness (QED) is 0.618. The summed E-state index contributed by atoms with van der Waals surface area (Å²) in [6.45, 7) is 3.86. The molecule has 0 aliphatic heterocycles. The third-order valence-electron chi connectivity index (χ3n) is 2.14. The van der Waals surface area contributed by atoms with Crippen LogP contribution in [-0.4, -0.2) is 26.7 Å². The fourth-order valence-electron chi connectivity index (χ4n) is 1.12. The van der Waals surface area contributed by atoms with E-state index in [4.69, 9.17) is 0 Å². The molecule has 13 heavy (non-hydrogen) atoms. The Kier molecular flexibility index (Phi) is 3.96. The van der Waals surface area contributed by atoms with E-state index in [1.54, 1.807) is 6.92 Å². The Balaban J connectivity index is 2.87. The minimum atomic E-state index is 0.0948. The van der Waals surface area contributed by atoms with Crippen LogP contribution in [0.4, 0.5) is 0 Å². The molecule has 0 aliphatic carbocycles. The molecule has 0 aliphatic rings. The summed E-state index contributed by atoms with van der Waals surface area (Å²) in [7, 11) is 0. The van der Waals surface area contributed by atoms with Crippen LogP contribution in [0.1, 0.15) is 33.7 Å². The molecule has 2 heteroatoms. The SMILES string of the molecule is C[Te]C(C)c1ccc(C(C)=O)cc1. The molecular formula is C11H14OTe. The third-order valence-corrected chi connectivity index (χ3v) is 4.94. The molecule has 0 fully saturated rings. The van der Waals surface area contributed by atoms with Crippen LogP contribution in [0.2, 0.25) is 4.97 Å². The van der Waals surface area contributed by atoms with E-state index in [2.05, 4.69) is 24.0 Å². The summed E-state index contributed by atoms with van der Waals surface area (Å²) < 4.78 is 0.714. The Morgan fingerprint density at radius 3 is 2.23 bits per heavy atom. The van der Waals surface area contributed by atoms with Crippen molar-refractivity contribution in [1.29, 1.82) is 0 Å². The number of rotatable bonds is 3. The van der Waals surface area contributed by atoms with E-state index in [-0.39, 0.29) is 26.7 Å². The summed E-state index contributed by atoms with van der Waals surface area (Å²) >= 11 is 0.0948. The van der Waals surface area contributed by atoms with E-state index in [1.165, 1.54) is 5.56 Å². The van der Waals surface area contributed by atoms with Crippen molar-refractivity contribution >= 4 is 26.7 Å². The Labute approximate surface area is 89.6 Å². The van der Waals surface area contributed by atoms with E-state index in [0.29, 0.717) is 3.97 Å². The van der Waals surface area contributed by atoms with E-state index in [0.717, 1.165) is 5.56 Å². The number of hydrogen-bond acceptors (Lipinski definition) is 1. The van der Waals surface area contributed by atoms with Crippen molar-refractivity contribution in [2.24, 2.45) is 0 Å². The van der Waals surface area contributed by atoms with E-state index in [1.807, 2.05) is 12.1 Å². The molecule has 0 bridgehead atoms. The zero-order valence-corrected chi connectivity index (χ0v) is 10.5. The second kappa shape index (κ2) is 4.79. The topological polar surface area (TPSA) is 17.1 Å². The van der Waals surface area contributed by atoms with Crippen LogP contribution in [0, 0.1) is 0 Å². The van der Waals surface area contributed by atoms with Crippen molar-refractivity contribution in [2.45, 2.75) is 22.8 Å². The predicted molar refractivity (Wildman–Crippen MR) is 56.5 cm³/mol. The van der Waals surface area contributed by atoms with Gasteiger partial charge in [-0.25, -0.2) is 0 Å². The molecule has 0 spiro atoms. The van der Waals surface area contributed by atoms with Crippen LogP contribution in [0.25, 0.3) is 0 Å².